The molecule has 2 unspecified atom stereocenters. The standard InChI is InChI=1S/C23H32N4O2S/c1-4-25-23(26-16-19-10-12-21(13-11-19)30(28,29)24-3)27-15-14-22(18(2)17-27)20-8-6-5-7-9-20/h5-13,18,22,24H,4,14-17H2,1-3H3,(H,25,26). The average Bonchev–Trinajstić information content (AvgIpc) is 2.77. The quantitative estimate of drug-likeness (QED) is 0.547. The van der Waals surface area contributed by atoms with Crippen LogP contribution in [-0.2, 0) is 16.6 Å². The summed E-state index contributed by atoms with van der Waals surface area (Å²) in [6.45, 7) is 7.64. The molecule has 1 saturated heterocycles. The maximum Gasteiger partial charge on any atom is 0.240 e. The SMILES string of the molecule is CCNC(=NCc1ccc(S(=O)(=O)NC)cc1)N1CCC(c2ccccc2)C(C)C1. The number of likely N-dealkylation sites (tertiary alicyclic amines) is 1. The van der Waals surface area contributed by atoms with Crippen LogP contribution in [0.2, 0.25) is 0 Å². The minimum atomic E-state index is -3.41. The fourth-order valence-electron chi connectivity index (χ4n) is 4.02. The Balaban J connectivity index is 1.68. The zero-order valence-electron chi connectivity index (χ0n) is 18.0. The van der Waals surface area contributed by atoms with Crippen molar-refractivity contribution in [2.24, 2.45) is 10.9 Å². The van der Waals surface area contributed by atoms with E-state index in [4.69, 9.17) is 4.99 Å². The van der Waals surface area contributed by atoms with Gasteiger partial charge in [-0.25, -0.2) is 18.1 Å². The normalized spacial score (nSPS) is 20.2. The van der Waals surface area contributed by atoms with Gasteiger partial charge in [-0.2, -0.15) is 0 Å². The van der Waals surface area contributed by atoms with Crippen molar-refractivity contribution in [1.29, 1.82) is 0 Å². The van der Waals surface area contributed by atoms with Crippen molar-refractivity contribution < 1.29 is 8.42 Å². The van der Waals surface area contributed by atoms with Gasteiger partial charge in [0.1, 0.15) is 0 Å². The van der Waals surface area contributed by atoms with Crippen LogP contribution in [0.5, 0.6) is 0 Å². The zero-order chi connectivity index (χ0) is 21.6. The first kappa shape index (κ1) is 22.3. The summed E-state index contributed by atoms with van der Waals surface area (Å²) in [6.07, 6.45) is 1.10. The van der Waals surface area contributed by atoms with Gasteiger partial charge in [0.15, 0.2) is 5.96 Å². The molecule has 1 aliphatic rings. The molecular weight excluding hydrogens is 396 g/mol. The number of hydrogen-bond acceptors (Lipinski definition) is 3. The smallest absolute Gasteiger partial charge is 0.240 e. The van der Waals surface area contributed by atoms with E-state index in [1.165, 1.54) is 12.6 Å². The Morgan fingerprint density at radius 2 is 1.83 bits per heavy atom. The monoisotopic (exact) mass is 428 g/mol. The lowest BCUT2D eigenvalue weighted by atomic mass is 9.82. The fourth-order valence-corrected chi connectivity index (χ4v) is 4.75. The summed E-state index contributed by atoms with van der Waals surface area (Å²) in [5.74, 6) is 2.03. The summed E-state index contributed by atoms with van der Waals surface area (Å²) in [5.41, 5.74) is 2.40. The summed E-state index contributed by atoms with van der Waals surface area (Å²) >= 11 is 0. The van der Waals surface area contributed by atoms with E-state index in [0.29, 0.717) is 18.4 Å². The zero-order valence-corrected chi connectivity index (χ0v) is 18.8. The molecule has 0 amide bonds. The Kier molecular flexibility index (Phi) is 7.50. The average molecular weight is 429 g/mol. The van der Waals surface area contributed by atoms with Crippen LogP contribution in [0, 0.1) is 5.92 Å². The predicted octanol–water partition coefficient (Wildman–Crippen LogP) is 3.19. The number of nitrogens with one attached hydrogen (secondary N) is 2. The van der Waals surface area contributed by atoms with Crippen molar-refractivity contribution in [3.8, 4) is 0 Å². The first-order valence-corrected chi connectivity index (χ1v) is 12.0. The van der Waals surface area contributed by atoms with Crippen LogP contribution in [0.3, 0.4) is 0 Å². The van der Waals surface area contributed by atoms with E-state index in [0.717, 1.165) is 37.6 Å². The van der Waals surface area contributed by atoms with Crippen LogP contribution < -0.4 is 10.0 Å². The van der Waals surface area contributed by atoms with E-state index in [-0.39, 0.29) is 4.90 Å². The molecular formula is C23H32N4O2S. The Hall–Kier alpha value is -2.38. The maximum atomic E-state index is 11.9. The molecule has 0 aliphatic carbocycles. The second-order valence-corrected chi connectivity index (χ2v) is 9.64. The van der Waals surface area contributed by atoms with Crippen molar-refractivity contribution >= 4 is 16.0 Å². The molecule has 2 aromatic carbocycles. The molecule has 162 valence electrons. The lowest BCUT2D eigenvalue weighted by molar-refractivity contribution is 0.234. The number of guanidine groups is 1. The first-order chi connectivity index (χ1) is 14.4. The predicted molar refractivity (Wildman–Crippen MR) is 122 cm³/mol. The molecule has 30 heavy (non-hydrogen) atoms. The third kappa shape index (κ3) is 5.40. The largest absolute Gasteiger partial charge is 0.357 e. The Bertz CT molecular complexity index is 943. The van der Waals surface area contributed by atoms with Gasteiger partial charge in [0.2, 0.25) is 10.0 Å². The molecule has 0 bridgehead atoms. The van der Waals surface area contributed by atoms with Gasteiger partial charge in [0.25, 0.3) is 0 Å². The number of benzene rings is 2. The maximum absolute atomic E-state index is 11.9. The van der Waals surface area contributed by atoms with Crippen LogP contribution in [0.15, 0.2) is 64.5 Å². The fraction of sp³-hybridized carbons (Fsp3) is 0.435. The topological polar surface area (TPSA) is 73.8 Å². The Morgan fingerprint density at radius 1 is 1.13 bits per heavy atom. The number of nitrogens with zero attached hydrogens (tertiary/aromatic N) is 2. The van der Waals surface area contributed by atoms with Crippen molar-refractivity contribution in [3.05, 3.63) is 65.7 Å². The van der Waals surface area contributed by atoms with Gasteiger partial charge in [0.05, 0.1) is 11.4 Å². The number of hydrogen-bond donors (Lipinski definition) is 2. The van der Waals surface area contributed by atoms with Gasteiger partial charge < -0.3 is 10.2 Å². The van der Waals surface area contributed by atoms with Gasteiger partial charge in [-0.15, -0.1) is 0 Å². The lowest BCUT2D eigenvalue weighted by Crippen LogP contribution is -2.48. The molecule has 0 saturated carbocycles. The summed E-state index contributed by atoms with van der Waals surface area (Å²) in [7, 11) is -2.00. The second kappa shape index (κ2) is 10.1. The molecule has 3 rings (SSSR count). The molecule has 2 N–H and O–H groups in total. The highest BCUT2D eigenvalue weighted by atomic mass is 32.2. The van der Waals surface area contributed by atoms with E-state index in [9.17, 15) is 8.42 Å². The van der Waals surface area contributed by atoms with Crippen LogP contribution in [-0.4, -0.2) is 46.0 Å². The Labute approximate surface area is 180 Å². The summed E-state index contributed by atoms with van der Waals surface area (Å²) in [5, 5.41) is 3.41. The van der Waals surface area contributed by atoms with Crippen molar-refractivity contribution in [2.45, 2.75) is 37.6 Å². The number of piperidine rings is 1. The van der Waals surface area contributed by atoms with Crippen molar-refractivity contribution in [2.75, 3.05) is 26.7 Å². The number of sulfonamides is 1. The van der Waals surface area contributed by atoms with E-state index in [1.807, 2.05) is 12.1 Å². The molecule has 0 radical (unpaired) electrons. The number of aliphatic imine (C=N–C) groups is 1. The molecule has 6 nitrogen and oxygen atoms in total. The van der Waals surface area contributed by atoms with Crippen LogP contribution in [0.1, 0.15) is 37.3 Å². The van der Waals surface area contributed by atoms with E-state index in [1.54, 1.807) is 12.1 Å². The van der Waals surface area contributed by atoms with Crippen LogP contribution in [0.4, 0.5) is 0 Å². The van der Waals surface area contributed by atoms with Crippen LogP contribution in [0.25, 0.3) is 0 Å². The Morgan fingerprint density at radius 3 is 2.43 bits per heavy atom. The highest BCUT2D eigenvalue weighted by Crippen LogP contribution is 2.32. The van der Waals surface area contributed by atoms with Crippen molar-refractivity contribution in [3.63, 3.8) is 0 Å². The van der Waals surface area contributed by atoms with Gasteiger partial charge in [-0.3, -0.25) is 0 Å². The summed E-state index contributed by atoms with van der Waals surface area (Å²) < 4.78 is 26.1. The van der Waals surface area contributed by atoms with Gasteiger partial charge in [-0.1, -0.05) is 49.4 Å². The molecule has 7 heteroatoms. The molecule has 1 heterocycles. The van der Waals surface area contributed by atoms with E-state index < -0.39 is 10.0 Å². The van der Waals surface area contributed by atoms with Crippen molar-refractivity contribution in [1.82, 2.24) is 14.9 Å². The number of rotatable bonds is 6. The summed E-state index contributed by atoms with van der Waals surface area (Å²) in [6, 6.07) is 17.7. The lowest BCUT2D eigenvalue weighted by Gasteiger charge is -2.39. The van der Waals surface area contributed by atoms with Gasteiger partial charge >= 0.3 is 0 Å². The van der Waals surface area contributed by atoms with Gasteiger partial charge in [-0.05, 0) is 55.5 Å². The van der Waals surface area contributed by atoms with Crippen LogP contribution >= 0.6 is 0 Å². The highest BCUT2D eigenvalue weighted by Gasteiger charge is 2.28. The van der Waals surface area contributed by atoms with Gasteiger partial charge in [0, 0.05) is 19.6 Å². The second-order valence-electron chi connectivity index (χ2n) is 7.75. The first-order valence-electron chi connectivity index (χ1n) is 10.5. The molecule has 0 aromatic heterocycles. The molecule has 1 fully saturated rings. The highest BCUT2D eigenvalue weighted by molar-refractivity contribution is 7.89. The minimum Gasteiger partial charge on any atom is -0.357 e. The third-order valence-corrected chi connectivity index (χ3v) is 7.11. The van der Waals surface area contributed by atoms with E-state index >= 15 is 0 Å². The minimum absolute atomic E-state index is 0.265. The van der Waals surface area contributed by atoms with E-state index in [2.05, 4.69) is 59.1 Å². The molecule has 2 atom stereocenters. The molecule has 2 aromatic rings. The molecule has 1 aliphatic heterocycles. The summed E-state index contributed by atoms with van der Waals surface area (Å²) in [4.78, 5) is 7.42. The third-order valence-electron chi connectivity index (χ3n) is 5.68. The molecule has 0 spiro atoms.